The fraction of sp³-hybridized carbons (Fsp3) is 0.727. The summed E-state index contributed by atoms with van der Waals surface area (Å²) >= 11 is 0. The van der Waals surface area contributed by atoms with Gasteiger partial charge < -0.3 is 5.11 Å². The van der Waals surface area contributed by atoms with Gasteiger partial charge in [0.25, 0.3) is 0 Å². The molecule has 90 valence electrons. The van der Waals surface area contributed by atoms with E-state index in [2.05, 4.69) is 0 Å². The maximum absolute atomic E-state index is 11.4. The molecule has 0 aromatic carbocycles. The van der Waals surface area contributed by atoms with E-state index in [0.717, 1.165) is 4.90 Å². The maximum Gasteiger partial charge on any atom is 0.311 e. The molecule has 16 heavy (non-hydrogen) atoms. The van der Waals surface area contributed by atoms with Gasteiger partial charge in [-0.05, 0) is 12.8 Å². The zero-order chi connectivity index (χ0) is 12.3. The van der Waals surface area contributed by atoms with Crippen molar-refractivity contribution in [3.63, 3.8) is 0 Å². The summed E-state index contributed by atoms with van der Waals surface area (Å²) in [6.07, 6.45) is 1.25. The van der Waals surface area contributed by atoms with Crippen molar-refractivity contribution in [2.75, 3.05) is 6.54 Å². The van der Waals surface area contributed by atoms with Crippen LogP contribution < -0.4 is 0 Å². The number of imide groups is 1. The number of rotatable bonds is 5. The molecule has 0 unspecified atom stereocenters. The first-order valence-electron chi connectivity index (χ1n) is 5.53. The number of amides is 2. The van der Waals surface area contributed by atoms with Gasteiger partial charge in [0.15, 0.2) is 0 Å². The van der Waals surface area contributed by atoms with Crippen LogP contribution >= 0.6 is 0 Å². The molecule has 5 heteroatoms. The van der Waals surface area contributed by atoms with Crippen LogP contribution in [0.15, 0.2) is 0 Å². The lowest BCUT2D eigenvalue weighted by Gasteiger charge is -2.30. The number of aliphatic carboxylic acids is 1. The number of carbonyl (C=O) groups excluding carboxylic acids is 2. The molecule has 1 rings (SSSR count). The third-order valence-electron chi connectivity index (χ3n) is 3.42. The van der Waals surface area contributed by atoms with E-state index in [9.17, 15) is 19.5 Å². The Balaban J connectivity index is 2.87. The number of hydrogen-bond acceptors (Lipinski definition) is 3. The first-order chi connectivity index (χ1) is 7.46. The summed E-state index contributed by atoms with van der Waals surface area (Å²) in [5, 5.41) is 9.21. The van der Waals surface area contributed by atoms with Crippen molar-refractivity contribution in [1.29, 1.82) is 0 Å². The molecule has 1 heterocycles. The maximum atomic E-state index is 11.4. The van der Waals surface area contributed by atoms with Crippen LogP contribution in [0.25, 0.3) is 0 Å². The zero-order valence-corrected chi connectivity index (χ0v) is 9.65. The fourth-order valence-electron chi connectivity index (χ4n) is 1.95. The van der Waals surface area contributed by atoms with Crippen LogP contribution in [0, 0.1) is 5.41 Å². The van der Waals surface area contributed by atoms with Crippen LogP contribution in [-0.4, -0.2) is 34.3 Å². The minimum absolute atomic E-state index is 0.00694. The molecule has 0 spiro atoms. The molecule has 0 bridgehead atoms. The lowest BCUT2D eigenvalue weighted by molar-refractivity contribution is -0.153. The standard InChI is InChI=1S/C11H17NO4/c1-3-11(4-2,10(15)16)7-12-8(13)5-6-9(12)14/h3-7H2,1-2H3,(H,15,16). The van der Waals surface area contributed by atoms with Crippen LogP contribution in [0.2, 0.25) is 0 Å². The van der Waals surface area contributed by atoms with Crippen molar-refractivity contribution in [1.82, 2.24) is 4.90 Å². The quantitative estimate of drug-likeness (QED) is 0.712. The molecule has 1 aliphatic rings. The summed E-state index contributed by atoms with van der Waals surface area (Å²) in [4.78, 5) is 35.2. The van der Waals surface area contributed by atoms with Gasteiger partial charge in [0.2, 0.25) is 11.8 Å². The highest BCUT2D eigenvalue weighted by atomic mass is 16.4. The SMILES string of the molecule is CCC(CC)(CN1C(=O)CCC1=O)C(=O)O. The number of carboxylic acid groups (broad SMARTS) is 1. The Morgan fingerprint density at radius 3 is 2.00 bits per heavy atom. The molecule has 0 saturated carbocycles. The predicted molar refractivity (Wildman–Crippen MR) is 56.6 cm³/mol. The van der Waals surface area contributed by atoms with E-state index in [1.165, 1.54) is 0 Å². The second-order valence-electron chi connectivity index (χ2n) is 4.17. The minimum atomic E-state index is -0.990. The molecule has 2 amide bonds. The van der Waals surface area contributed by atoms with Crippen LogP contribution in [-0.2, 0) is 14.4 Å². The first-order valence-corrected chi connectivity index (χ1v) is 5.53. The Hall–Kier alpha value is -1.39. The highest BCUT2D eigenvalue weighted by molar-refractivity contribution is 6.02. The van der Waals surface area contributed by atoms with Gasteiger partial charge in [0.1, 0.15) is 0 Å². The highest BCUT2D eigenvalue weighted by Crippen LogP contribution is 2.30. The average molecular weight is 227 g/mol. The molecule has 1 aliphatic heterocycles. The second-order valence-corrected chi connectivity index (χ2v) is 4.17. The molecule has 5 nitrogen and oxygen atoms in total. The Bertz CT molecular complexity index is 304. The topological polar surface area (TPSA) is 74.7 Å². The largest absolute Gasteiger partial charge is 0.481 e. The molecule has 0 aliphatic carbocycles. The summed E-state index contributed by atoms with van der Waals surface area (Å²) in [6, 6.07) is 0. The molecule has 0 aromatic heterocycles. The van der Waals surface area contributed by atoms with Gasteiger partial charge >= 0.3 is 5.97 Å². The number of likely N-dealkylation sites (tertiary alicyclic amines) is 1. The summed E-state index contributed by atoms with van der Waals surface area (Å²) in [5.74, 6) is -1.44. The Kier molecular flexibility index (Phi) is 3.67. The molecule has 0 atom stereocenters. The van der Waals surface area contributed by atoms with Crippen molar-refractivity contribution in [3.8, 4) is 0 Å². The molecule has 1 saturated heterocycles. The molecule has 0 aromatic rings. The third kappa shape index (κ3) is 2.08. The predicted octanol–water partition coefficient (Wildman–Crippen LogP) is 1.03. The molecule has 1 fully saturated rings. The smallest absolute Gasteiger partial charge is 0.311 e. The Morgan fingerprint density at radius 2 is 1.69 bits per heavy atom. The lowest BCUT2D eigenvalue weighted by Crippen LogP contribution is -2.44. The van der Waals surface area contributed by atoms with Crippen molar-refractivity contribution in [2.24, 2.45) is 5.41 Å². The van der Waals surface area contributed by atoms with E-state index < -0.39 is 11.4 Å². The van der Waals surface area contributed by atoms with E-state index in [-0.39, 0.29) is 31.2 Å². The second kappa shape index (κ2) is 4.63. The van der Waals surface area contributed by atoms with Crippen LogP contribution in [0.3, 0.4) is 0 Å². The van der Waals surface area contributed by atoms with E-state index >= 15 is 0 Å². The van der Waals surface area contributed by atoms with Crippen molar-refractivity contribution in [2.45, 2.75) is 39.5 Å². The molecular weight excluding hydrogens is 210 g/mol. The summed E-state index contributed by atoms with van der Waals surface area (Å²) in [5.41, 5.74) is -0.990. The summed E-state index contributed by atoms with van der Waals surface area (Å²) in [7, 11) is 0. The van der Waals surface area contributed by atoms with Gasteiger partial charge in [-0.3, -0.25) is 19.3 Å². The van der Waals surface area contributed by atoms with Gasteiger partial charge in [-0.15, -0.1) is 0 Å². The summed E-state index contributed by atoms with van der Waals surface area (Å²) < 4.78 is 0. The van der Waals surface area contributed by atoms with Crippen LogP contribution in [0.4, 0.5) is 0 Å². The normalized spacial score (nSPS) is 17.0. The molecule has 1 N–H and O–H groups in total. The number of carboxylic acids is 1. The van der Waals surface area contributed by atoms with Gasteiger partial charge in [-0.25, -0.2) is 0 Å². The van der Waals surface area contributed by atoms with E-state index in [0.29, 0.717) is 12.8 Å². The number of hydrogen-bond donors (Lipinski definition) is 1. The number of carbonyl (C=O) groups is 3. The highest BCUT2D eigenvalue weighted by Gasteiger charge is 2.41. The van der Waals surface area contributed by atoms with Crippen LogP contribution in [0.1, 0.15) is 39.5 Å². The third-order valence-corrected chi connectivity index (χ3v) is 3.42. The van der Waals surface area contributed by atoms with Gasteiger partial charge in [-0.1, -0.05) is 13.8 Å². The number of nitrogens with zero attached hydrogens (tertiary/aromatic N) is 1. The minimum Gasteiger partial charge on any atom is -0.481 e. The van der Waals surface area contributed by atoms with E-state index in [4.69, 9.17) is 0 Å². The first kappa shape index (κ1) is 12.7. The fourth-order valence-corrected chi connectivity index (χ4v) is 1.95. The van der Waals surface area contributed by atoms with E-state index in [1.54, 1.807) is 13.8 Å². The Labute approximate surface area is 94.4 Å². The van der Waals surface area contributed by atoms with Crippen molar-refractivity contribution in [3.05, 3.63) is 0 Å². The average Bonchev–Trinajstić information content (AvgIpc) is 2.56. The Morgan fingerprint density at radius 1 is 1.25 bits per heavy atom. The lowest BCUT2D eigenvalue weighted by atomic mass is 9.82. The van der Waals surface area contributed by atoms with Crippen molar-refractivity contribution >= 4 is 17.8 Å². The van der Waals surface area contributed by atoms with Gasteiger partial charge in [0.05, 0.1) is 5.41 Å². The van der Waals surface area contributed by atoms with Gasteiger partial charge in [-0.2, -0.15) is 0 Å². The molecule has 0 radical (unpaired) electrons. The van der Waals surface area contributed by atoms with Gasteiger partial charge in [0, 0.05) is 19.4 Å². The van der Waals surface area contributed by atoms with Crippen LogP contribution in [0.5, 0.6) is 0 Å². The summed E-state index contributed by atoms with van der Waals surface area (Å²) in [6.45, 7) is 3.54. The monoisotopic (exact) mass is 227 g/mol. The van der Waals surface area contributed by atoms with E-state index in [1.807, 2.05) is 0 Å². The molecular formula is C11H17NO4. The zero-order valence-electron chi connectivity index (χ0n) is 9.65. The van der Waals surface area contributed by atoms with Crippen molar-refractivity contribution < 1.29 is 19.5 Å².